The summed E-state index contributed by atoms with van der Waals surface area (Å²) in [5.74, 6) is -0.548. The normalized spacial score (nSPS) is 19.2. The fourth-order valence-electron chi connectivity index (χ4n) is 2.77. The van der Waals surface area contributed by atoms with Gasteiger partial charge < -0.3 is 10.1 Å². The van der Waals surface area contributed by atoms with Crippen LogP contribution in [-0.2, 0) is 10.0 Å². The average molecular weight is 351 g/mol. The van der Waals surface area contributed by atoms with Gasteiger partial charge in [-0.05, 0) is 23.8 Å². The number of hydrogen-bond donors (Lipinski definition) is 1. The van der Waals surface area contributed by atoms with Crippen molar-refractivity contribution in [3.05, 3.63) is 54.1 Å². The number of nitrogens with zero attached hydrogens (tertiary/aromatic N) is 2. The second kappa shape index (κ2) is 6.84. The summed E-state index contributed by atoms with van der Waals surface area (Å²) in [5.41, 5.74) is 0.766. The molecule has 8 heteroatoms. The van der Waals surface area contributed by atoms with E-state index < -0.39 is 21.9 Å². The van der Waals surface area contributed by atoms with Gasteiger partial charge in [-0.15, -0.1) is 0 Å². The number of benzene rings is 1. The minimum Gasteiger partial charge on any atom is -0.497 e. The van der Waals surface area contributed by atoms with Crippen LogP contribution in [0.25, 0.3) is 0 Å². The molecule has 1 aliphatic rings. The maximum absolute atomic E-state index is 14.3. The van der Waals surface area contributed by atoms with Gasteiger partial charge in [-0.25, -0.2) is 12.8 Å². The zero-order chi connectivity index (χ0) is 17.2. The highest BCUT2D eigenvalue weighted by molar-refractivity contribution is 7.89. The van der Waals surface area contributed by atoms with Gasteiger partial charge in [-0.2, -0.15) is 4.31 Å². The summed E-state index contributed by atoms with van der Waals surface area (Å²) >= 11 is 0. The minimum atomic E-state index is -3.98. The fraction of sp³-hybridized carbons (Fsp3) is 0.312. The van der Waals surface area contributed by atoms with Gasteiger partial charge >= 0.3 is 0 Å². The second-order valence-corrected chi connectivity index (χ2v) is 7.28. The lowest BCUT2D eigenvalue weighted by Crippen LogP contribution is -2.48. The van der Waals surface area contributed by atoms with E-state index in [1.54, 1.807) is 18.5 Å². The first-order chi connectivity index (χ1) is 11.5. The molecule has 6 nitrogen and oxygen atoms in total. The lowest BCUT2D eigenvalue weighted by molar-refractivity contribution is 0.270. The molecule has 2 heterocycles. The Bertz CT molecular complexity index is 815. The third-order valence-corrected chi connectivity index (χ3v) is 5.93. The van der Waals surface area contributed by atoms with E-state index in [9.17, 15) is 12.8 Å². The Balaban J connectivity index is 2.00. The van der Waals surface area contributed by atoms with E-state index in [1.165, 1.54) is 23.5 Å². The number of aromatic nitrogens is 1. The van der Waals surface area contributed by atoms with E-state index in [0.717, 1.165) is 11.6 Å². The monoisotopic (exact) mass is 351 g/mol. The average Bonchev–Trinajstić information content (AvgIpc) is 2.62. The highest BCUT2D eigenvalue weighted by Crippen LogP contribution is 2.30. The van der Waals surface area contributed by atoms with Gasteiger partial charge in [0, 0.05) is 38.1 Å². The number of sulfonamides is 1. The van der Waals surface area contributed by atoms with E-state index >= 15 is 0 Å². The summed E-state index contributed by atoms with van der Waals surface area (Å²) in [4.78, 5) is 3.70. The van der Waals surface area contributed by atoms with Crippen molar-refractivity contribution in [1.82, 2.24) is 14.6 Å². The van der Waals surface area contributed by atoms with Gasteiger partial charge in [0.05, 0.1) is 13.2 Å². The van der Waals surface area contributed by atoms with Crippen LogP contribution >= 0.6 is 0 Å². The summed E-state index contributed by atoms with van der Waals surface area (Å²) in [7, 11) is -2.58. The quantitative estimate of drug-likeness (QED) is 0.905. The van der Waals surface area contributed by atoms with E-state index in [4.69, 9.17) is 4.74 Å². The number of methoxy groups -OCH3 is 1. The second-order valence-electron chi connectivity index (χ2n) is 5.42. The van der Waals surface area contributed by atoms with Crippen LogP contribution in [0.3, 0.4) is 0 Å². The van der Waals surface area contributed by atoms with Crippen LogP contribution in [0.5, 0.6) is 5.75 Å². The van der Waals surface area contributed by atoms with E-state index in [2.05, 4.69) is 10.3 Å². The Labute approximate surface area is 140 Å². The SMILES string of the molecule is COc1ccc(S(=O)(=O)N2CCNCC2c2cccnc2)c(F)c1. The van der Waals surface area contributed by atoms with E-state index in [0.29, 0.717) is 13.1 Å². The molecule has 0 bridgehead atoms. The molecule has 0 saturated carbocycles. The van der Waals surface area contributed by atoms with E-state index in [1.807, 2.05) is 6.07 Å². The molecule has 1 N–H and O–H groups in total. The molecule has 1 aromatic heterocycles. The molecule has 1 atom stereocenters. The van der Waals surface area contributed by atoms with Crippen molar-refractivity contribution in [2.75, 3.05) is 26.7 Å². The first kappa shape index (κ1) is 16.8. The molecule has 0 radical (unpaired) electrons. The van der Waals surface area contributed by atoms with Crippen molar-refractivity contribution in [2.24, 2.45) is 0 Å². The lowest BCUT2D eigenvalue weighted by atomic mass is 10.1. The zero-order valence-electron chi connectivity index (χ0n) is 13.1. The van der Waals surface area contributed by atoms with Gasteiger partial charge in [0.1, 0.15) is 16.5 Å². The lowest BCUT2D eigenvalue weighted by Gasteiger charge is -2.35. The standard InChI is InChI=1S/C16H18FN3O3S/c1-23-13-4-5-16(14(17)9-13)24(21,22)20-8-7-19-11-15(20)12-3-2-6-18-10-12/h2-6,9-10,15,19H,7-8,11H2,1H3. The molecule has 2 aromatic rings. The topological polar surface area (TPSA) is 71.5 Å². The molecule has 0 spiro atoms. The summed E-state index contributed by atoms with van der Waals surface area (Å²) in [6.45, 7) is 1.21. The van der Waals surface area contributed by atoms with Crippen molar-refractivity contribution in [3.63, 3.8) is 0 Å². The molecule has 3 rings (SSSR count). The Morgan fingerprint density at radius 2 is 2.21 bits per heavy atom. The van der Waals surface area contributed by atoms with Crippen molar-refractivity contribution < 1.29 is 17.5 Å². The third-order valence-electron chi connectivity index (χ3n) is 3.99. The highest BCUT2D eigenvalue weighted by Gasteiger charge is 2.36. The largest absolute Gasteiger partial charge is 0.497 e. The number of hydrogen-bond acceptors (Lipinski definition) is 5. The molecule has 0 aliphatic carbocycles. The Hall–Kier alpha value is -2.03. The molecule has 1 unspecified atom stereocenters. The first-order valence-corrected chi connectivity index (χ1v) is 8.94. The Morgan fingerprint density at radius 3 is 2.88 bits per heavy atom. The van der Waals surface area contributed by atoms with E-state index in [-0.39, 0.29) is 17.2 Å². The molecule has 24 heavy (non-hydrogen) atoms. The molecule has 1 aliphatic heterocycles. The zero-order valence-corrected chi connectivity index (χ0v) is 14.0. The number of ether oxygens (including phenoxy) is 1. The van der Waals surface area contributed by atoms with Gasteiger partial charge in [-0.1, -0.05) is 6.07 Å². The Morgan fingerprint density at radius 1 is 1.38 bits per heavy atom. The van der Waals surface area contributed by atoms with Crippen molar-refractivity contribution >= 4 is 10.0 Å². The predicted molar refractivity (Wildman–Crippen MR) is 86.7 cm³/mol. The first-order valence-electron chi connectivity index (χ1n) is 7.50. The van der Waals surface area contributed by atoms with Crippen LogP contribution in [0.15, 0.2) is 47.6 Å². The van der Waals surface area contributed by atoms with Crippen molar-refractivity contribution in [2.45, 2.75) is 10.9 Å². The van der Waals surface area contributed by atoms with Crippen LogP contribution in [0, 0.1) is 5.82 Å². The minimum absolute atomic E-state index is 0.257. The smallest absolute Gasteiger partial charge is 0.246 e. The predicted octanol–water partition coefficient (Wildman–Crippen LogP) is 1.56. The van der Waals surface area contributed by atoms with Gasteiger partial charge in [0.2, 0.25) is 10.0 Å². The third kappa shape index (κ3) is 3.12. The molecular weight excluding hydrogens is 333 g/mol. The van der Waals surface area contributed by atoms with Crippen LogP contribution in [0.1, 0.15) is 11.6 Å². The van der Waals surface area contributed by atoms with Gasteiger partial charge in [0.25, 0.3) is 0 Å². The van der Waals surface area contributed by atoms with Crippen molar-refractivity contribution in [1.29, 1.82) is 0 Å². The summed E-state index contributed by atoms with van der Waals surface area (Å²) in [6, 6.07) is 6.90. The Kier molecular flexibility index (Phi) is 4.79. The summed E-state index contributed by atoms with van der Waals surface area (Å²) in [5, 5.41) is 3.17. The molecule has 1 saturated heterocycles. The number of pyridine rings is 1. The molecule has 0 amide bonds. The van der Waals surface area contributed by atoms with Crippen LogP contribution in [0.2, 0.25) is 0 Å². The van der Waals surface area contributed by atoms with Gasteiger partial charge in [-0.3, -0.25) is 4.98 Å². The fourth-order valence-corrected chi connectivity index (χ4v) is 4.44. The van der Waals surface area contributed by atoms with Crippen LogP contribution < -0.4 is 10.1 Å². The maximum atomic E-state index is 14.3. The molecule has 128 valence electrons. The van der Waals surface area contributed by atoms with Gasteiger partial charge in [0.15, 0.2) is 0 Å². The van der Waals surface area contributed by atoms with Crippen LogP contribution in [-0.4, -0.2) is 44.5 Å². The number of rotatable bonds is 4. The summed E-state index contributed by atoms with van der Waals surface area (Å²) in [6.07, 6.45) is 3.26. The summed E-state index contributed by atoms with van der Waals surface area (Å²) < 4.78 is 46.5. The molecular formula is C16H18FN3O3S. The van der Waals surface area contributed by atoms with Crippen molar-refractivity contribution in [3.8, 4) is 5.75 Å². The molecule has 1 fully saturated rings. The number of nitrogens with one attached hydrogen (secondary N) is 1. The number of piperazine rings is 1. The number of halogens is 1. The maximum Gasteiger partial charge on any atom is 0.246 e. The van der Waals surface area contributed by atoms with Crippen LogP contribution in [0.4, 0.5) is 4.39 Å². The molecule has 1 aromatic carbocycles. The highest BCUT2D eigenvalue weighted by atomic mass is 32.2.